The molecule has 1 atom stereocenters. The summed E-state index contributed by atoms with van der Waals surface area (Å²) < 4.78 is 25.2. The summed E-state index contributed by atoms with van der Waals surface area (Å²) in [7, 11) is 0. The molecule has 0 saturated heterocycles. The third kappa shape index (κ3) is 4.71. The molecule has 0 fully saturated rings. The fourth-order valence-corrected chi connectivity index (χ4v) is 2.20. The lowest BCUT2D eigenvalue weighted by Crippen LogP contribution is -2.03. The van der Waals surface area contributed by atoms with Crippen LogP contribution in [0.2, 0.25) is 0 Å². The van der Waals surface area contributed by atoms with E-state index in [2.05, 4.69) is 18.8 Å². The second-order valence-electron chi connectivity index (χ2n) is 4.74. The van der Waals surface area contributed by atoms with Crippen LogP contribution in [0.1, 0.15) is 76.1 Å². The van der Waals surface area contributed by atoms with Crippen LogP contribution in [-0.2, 0) is 0 Å². The molecular formula is C15H23F2N. The third-order valence-corrected chi connectivity index (χ3v) is 3.33. The first-order chi connectivity index (χ1) is 8.69. The fraction of sp³-hybridized carbons (Fsp3) is 0.667. The molecule has 0 aliphatic rings. The highest BCUT2D eigenvalue weighted by molar-refractivity contribution is 5.15. The molecule has 18 heavy (non-hydrogen) atoms. The number of hydrogen-bond acceptors (Lipinski definition) is 1. The van der Waals surface area contributed by atoms with Crippen molar-refractivity contribution in [1.29, 1.82) is 0 Å². The van der Waals surface area contributed by atoms with Gasteiger partial charge in [-0.05, 0) is 25.0 Å². The second kappa shape index (κ2) is 8.17. The monoisotopic (exact) mass is 255 g/mol. The van der Waals surface area contributed by atoms with E-state index in [-0.39, 0.29) is 5.69 Å². The summed E-state index contributed by atoms with van der Waals surface area (Å²) in [6, 6.07) is 4.97. The van der Waals surface area contributed by atoms with Gasteiger partial charge in [0, 0.05) is 11.6 Å². The summed E-state index contributed by atoms with van der Waals surface area (Å²) in [4.78, 5) is 4.09. The average Bonchev–Trinajstić information content (AvgIpc) is 2.39. The molecule has 0 amide bonds. The zero-order chi connectivity index (χ0) is 13.4. The minimum atomic E-state index is -2.47. The van der Waals surface area contributed by atoms with Gasteiger partial charge in [-0.15, -0.1) is 0 Å². The largest absolute Gasteiger partial charge is 0.280 e. The lowest BCUT2D eigenvalue weighted by Gasteiger charge is -2.15. The molecule has 0 N–H and O–H groups in total. The molecule has 0 spiro atoms. The number of aromatic nitrogens is 1. The van der Waals surface area contributed by atoms with Crippen molar-refractivity contribution in [1.82, 2.24) is 4.98 Å². The minimum Gasteiger partial charge on any atom is -0.252 e. The molecular weight excluding hydrogens is 232 g/mol. The second-order valence-corrected chi connectivity index (χ2v) is 4.74. The minimum absolute atomic E-state index is 0.0977. The Hall–Kier alpha value is -0.990. The van der Waals surface area contributed by atoms with Gasteiger partial charge in [-0.1, -0.05) is 45.6 Å². The summed E-state index contributed by atoms with van der Waals surface area (Å²) in [5.74, 6) is 0.320. The molecule has 1 nitrogen and oxygen atoms in total. The molecule has 1 aromatic rings. The maximum Gasteiger partial charge on any atom is 0.280 e. The first kappa shape index (κ1) is 15.1. The third-order valence-electron chi connectivity index (χ3n) is 3.33. The number of alkyl halides is 2. The Morgan fingerprint density at radius 2 is 1.78 bits per heavy atom. The predicted molar refractivity (Wildman–Crippen MR) is 71.0 cm³/mol. The van der Waals surface area contributed by atoms with Gasteiger partial charge in [0.15, 0.2) is 0 Å². The molecule has 0 aliphatic carbocycles. The van der Waals surface area contributed by atoms with Crippen LogP contribution in [-0.4, -0.2) is 4.98 Å². The Labute approximate surface area is 109 Å². The van der Waals surface area contributed by atoms with Gasteiger partial charge in [0.2, 0.25) is 0 Å². The molecule has 0 saturated carbocycles. The normalized spacial score (nSPS) is 12.9. The molecule has 0 bridgehead atoms. The van der Waals surface area contributed by atoms with E-state index in [4.69, 9.17) is 0 Å². The van der Waals surface area contributed by atoms with Crippen molar-refractivity contribution in [2.75, 3.05) is 0 Å². The van der Waals surface area contributed by atoms with E-state index in [1.54, 1.807) is 6.07 Å². The van der Waals surface area contributed by atoms with Crippen LogP contribution in [0.4, 0.5) is 8.78 Å². The van der Waals surface area contributed by atoms with E-state index in [1.165, 1.54) is 25.3 Å². The fourth-order valence-electron chi connectivity index (χ4n) is 2.20. The van der Waals surface area contributed by atoms with E-state index in [9.17, 15) is 8.78 Å². The number of unbranched alkanes of at least 4 members (excludes halogenated alkanes) is 3. The molecule has 102 valence electrons. The molecule has 3 heteroatoms. The zero-order valence-corrected chi connectivity index (χ0v) is 11.3. The van der Waals surface area contributed by atoms with Crippen molar-refractivity contribution in [3.05, 3.63) is 29.6 Å². The lowest BCUT2D eigenvalue weighted by molar-refractivity contribution is 0.145. The van der Waals surface area contributed by atoms with Crippen LogP contribution in [0, 0.1) is 0 Å². The number of pyridine rings is 1. The van der Waals surface area contributed by atoms with Crippen molar-refractivity contribution in [2.24, 2.45) is 0 Å². The number of rotatable bonds is 8. The Morgan fingerprint density at radius 3 is 2.39 bits per heavy atom. The summed E-state index contributed by atoms with van der Waals surface area (Å²) in [6.07, 6.45) is 4.40. The molecule has 0 radical (unpaired) electrons. The van der Waals surface area contributed by atoms with Crippen LogP contribution in [0.5, 0.6) is 0 Å². The molecule has 1 aromatic heterocycles. The molecule has 1 heterocycles. The molecule has 1 unspecified atom stereocenters. The first-order valence-electron chi connectivity index (χ1n) is 6.94. The summed E-state index contributed by atoms with van der Waals surface area (Å²) in [6.45, 7) is 4.28. The number of halogens is 2. The first-order valence-corrected chi connectivity index (χ1v) is 6.94. The summed E-state index contributed by atoms with van der Waals surface area (Å²) in [5, 5.41) is 0. The predicted octanol–water partition coefficient (Wildman–Crippen LogP) is 5.48. The van der Waals surface area contributed by atoms with Gasteiger partial charge in [-0.2, -0.15) is 0 Å². The van der Waals surface area contributed by atoms with E-state index in [0.29, 0.717) is 5.92 Å². The van der Waals surface area contributed by atoms with Gasteiger partial charge in [0.1, 0.15) is 5.69 Å². The van der Waals surface area contributed by atoms with E-state index >= 15 is 0 Å². The molecule has 0 aromatic carbocycles. The lowest BCUT2D eigenvalue weighted by atomic mass is 9.94. The Morgan fingerprint density at radius 1 is 1.06 bits per heavy atom. The van der Waals surface area contributed by atoms with Gasteiger partial charge in [-0.3, -0.25) is 4.98 Å². The van der Waals surface area contributed by atoms with Crippen molar-refractivity contribution < 1.29 is 8.78 Å². The van der Waals surface area contributed by atoms with Gasteiger partial charge < -0.3 is 0 Å². The van der Waals surface area contributed by atoms with Gasteiger partial charge in [-0.25, -0.2) is 8.78 Å². The van der Waals surface area contributed by atoms with Gasteiger partial charge in [0.05, 0.1) is 0 Å². The zero-order valence-electron chi connectivity index (χ0n) is 11.3. The van der Waals surface area contributed by atoms with Gasteiger partial charge in [0.25, 0.3) is 6.43 Å². The van der Waals surface area contributed by atoms with Crippen LogP contribution >= 0.6 is 0 Å². The van der Waals surface area contributed by atoms with Crippen molar-refractivity contribution in [3.63, 3.8) is 0 Å². The van der Waals surface area contributed by atoms with Gasteiger partial charge >= 0.3 is 0 Å². The van der Waals surface area contributed by atoms with Crippen molar-refractivity contribution >= 4 is 0 Å². The SMILES string of the molecule is CCCCCCC(CC)c1cccc(C(F)F)n1. The van der Waals surface area contributed by atoms with Crippen LogP contribution in [0.15, 0.2) is 18.2 Å². The summed E-state index contributed by atoms with van der Waals surface area (Å²) in [5.41, 5.74) is 0.728. The highest BCUT2D eigenvalue weighted by Gasteiger charge is 2.14. The Bertz CT molecular complexity index is 339. The topological polar surface area (TPSA) is 12.9 Å². The quantitative estimate of drug-likeness (QED) is 0.560. The van der Waals surface area contributed by atoms with Crippen molar-refractivity contribution in [2.45, 2.75) is 64.7 Å². The van der Waals surface area contributed by atoms with Crippen LogP contribution < -0.4 is 0 Å². The van der Waals surface area contributed by atoms with Crippen LogP contribution in [0.3, 0.4) is 0 Å². The molecule has 1 rings (SSSR count). The Balaban J connectivity index is 2.60. The smallest absolute Gasteiger partial charge is 0.252 e. The molecule has 0 aliphatic heterocycles. The highest BCUT2D eigenvalue weighted by Crippen LogP contribution is 2.26. The summed E-state index contributed by atoms with van der Waals surface area (Å²) >= 11 is 0. The maximum absolute atomic E-state index is 12.6. The van der Waals surface area contributed by atoms with E-state index in [1.807, 2.05) is 6.07 Å². The standard InChI is InChI=1S/C15H23F2N/c1-3-5-6-7-9-12(4-2)13-10-8-11-14(18-13)15(16)17/h8,10-12,15H,3-7,9H2,1-2H3. The van der Waals surface area contributed by atoms with E-state index < -0.39 is 6.43 Å². The maximum atomic E-state index is 12.6. The highest BCUT2D eigenvalue weighted by atomic mass is 19.3. The Kier molecular flexibility index (Phi) is 6.84. The van der Waals surface area contributed by atoms with E-state index in [0.717, 1.165) is 25.0 Å². The number of nitrogens with zero attached hydrogens (tertiary/aromatic N) is 1. The van der Waals surface area contributed by atoms with Crippen molar-refractivity contribution in [3.8, 4) is 0 Å². The van der Waals surface area contributed by atoms with Crippen LogP contribution in [0.25, 0.3) is 0 Å². The number of hydrogen-bond donors (Lipinski definition) is 0. The average molecular weight is 255 g/mol.